The summed E-state index contributed by atoms with van der Waals surface area (Å²) in [5.41, 5.74) is 0.692. The molecule has 1 atom stereocenters. The minimum absolute atomic E-state index is 0.00184. The van der Waals surface area contributed by atoms with Crippen molar-refractivity contribution in [1.29, 1.82) is 0 Å². The van der Waals surface area contributed by atoms with Gasteiger partial charge in [0.1, 0.15) is 30.3 Å². The molecule has 1 fully saturated rings. The van der Waals surface area contributed by atoms with Gasteiger partial charge in [-0.2, -0.15) is 0 Å². The first-order chi connectivity index (χ1) is 16.0. The molecule has 6 nitrogen and oxygen atoms in total. The van der Waals surface area contributed by atoms with Crippen LogP contribution in [-0.2, 0) is 9.16 Å². The van der Waals surface area contributed by atoms with Crippen molar-refractivity contribution in [2.45, 2.75) is 77.0 Å². The molecule has 2 aromatic rings. The summed E-state index contributed by atoms with van der Waals surface area (Å²) < 4.78 is 24.7. The molecule has 0 saturated heterocycles. The number of aromatic nitrogens is 2. The molecule has 1 aliphatic rings. The number of hydrogen-bond donors (Lipinski definition) is 0. The Bertz CT molecular complexity index is 975. The molecule has 0 bridgehead atoms. The maximum Gasteiger partial charge on any atom is 0.213 e. The van der Waals surface area contributed by atoms with Gasteiger partial charge in [0.25, 0.3) is 0 Å². The van der Waals surface area contributed by atoms with Crippen molar-refractivity contribution >= 4 is 24.2 Å². The van der Waals surface area contributed by atoms with Gasteiger partial charge < -0.3 is 18.6 Å². The van der Waals surface area contributed by atoms with E-state index in [1.165, 1.54) is 0 Å². The van der Waals surface area contributed by atoms with Crippen molar-refractivity contribution < 1.29 is 18.6 Å². The summed E-state index contributed by atoms with van der Waals surface area (Å²) in [4.78, 5) is 8.62. The van der Waals surface area contributed by atoms with Gasteiger partial charge in [-0.15, -0.1) is 0 Å². The summed E-state index contributed by atoms with van der Waals surface area (Å²) in [6.07, 6.45) is 5.36. The third kappa shape index (κ3) is 8.09. The predicted molar refractivity (Wildman–Crippen MR) is 140 cm³/mol. The largest absolute Gasteiger partial charge is 0.489 e. The molecule has 1 aliphatic carbocycles. The summed E-state index contributed by atoms with van der Waals surface area (Å²) in [6.45, 7) is 14.2. The maximum atomic E-state index is 6.20. The van der Waals surface area contributed by atoms with E-state index in [0.717, 1.165) is 23.1 Å². The topological polar surface area (TPSA) is 62.7 Å². The highest BCUT2D eigenvalue weighted by molar-refractivity contribution is 9.10. The summed E-state index contributed by atoms with van der Waals surface area (Å²) in [5.74, 6) is 7.45. The zero-order valence-electron chi connectivity index (χ0n) is 20.9. The maximum absolute atomic E-state index is 6.20. The van der Waals surface area contributed by atoms with E-state index in [2.05, 4.69) is 71.6 Å². The first-order valence-electron chi connectivity index (χ1n) is 11.7. The molecule has 184 valence electrons. The Labute approximate surface area is 213 Å². The number of nitrogens with zero attached hydrogens (tertiary/aromatic N) is 2. The molecule has 0 spiro atoms. The van der Waals surface area contributed by atoms with Crippen molar-refractivity contribution in [2.75, 3.05) is 13.2 Å². The van der Waals surface area contributed by atoms with Gasteiger partial charge in [0, 0.05) is 29.6 Å². The van der Waals surface area contributed by atoms with E-state index in [4.69, 9.17) is 18.6 Å². The molecule has 3 rings (SSSR count). The molecule has 0 radical (unpaired) electrons. The Morgan fingerprint density at radius 1 is 1.06 bits per heavy atom. The van der Waals surface area contributed by atoms with Gasteiger partial charge in [-0.3, -0.25) is 0 Å². The summed E-state index contributed by atoms with van der Waals surface area (Å²) in [5, 5.41) is 0.194. The molecule has 2 heterocycles. The highest BCUT2D eigenvalue weighted by atomic mass is 79.9. The Kier molecular flexibility index (Phi) is 9.16. The van der Waals surface area contributed by atoms with Gasteiger partial charge in [-0.1, -0.05) is 26.7 Å². The van der Waals surface area contributed by atoms with Crippen LogP contribution in [0.15, 0.2) is 41.1 Å². The minimum Gasteiger partial charge on any atom is -0.489 e. The number of halogens is 1. The van der Waals surface area contributed by atoms with Crippen LogP contribution in [0, 0.1) is 11.8 Å². The summed E-state index contributed by atoms with van der Waals surface area (Å²) >= 11 is 3.37. The van der Waals surface area contributed by atoms with E-state index in [1.807, 2.05) is 31.2 Å². The van der Waals surface area contributed by atoms with Crippen LogP contribution >= 0.6 is 15.9 Å². The molecule has 8 heteroatoms. The average Bonchev–Trinajstić information content (AvgIpc) is 2.75. The zero-order valence-corrected chi connectivity index (χ0v) is 23.5. The smallest absolute Gasteiger partial charge is 0.213 e. The fraction of sp³-hybridized carbons (Fsp3) is 0.538. The fourth-order valence-electron chi connectivity index (χ4n) is 2.93. The molecule has 0 aromatic carbocycles. The van der Waals surface area contributed by atoms with Crippen molar-refractivity contribution in [2.24, 2.45) is 0 Å². The van der Waals surface area contributed by atoms with Crippen molar-refractivity contribution in [3.05, 3.63) is 46.8 Å². The Hall–Kier alpha value is -1.92. The lowest BCUT2D eigenvalue weighted by atomic mass is 9.92. The number of hydrogen-bond acceptors (Lipinski definition) is 6. The average molecular weight is 548 g/mol. The van der Waals surface area contributed by atoms with Crippen molar-refractivity contribution in [3.63, 3.8) is 0 Å². The number of rotatable bonds is 9. The second-order valence-electron chi connectivity index (χ2n) is 10.1. The van der Waals surface area contributed by atoms with Crippen molar-refractivity contribution in [1.82, 2.24) is 9.97 Å². The fourth-order valence-corrected chi connectivity index (χ4v) is 4.25. The first-order valence-corrected chi connectivity index (χ1v) is 15.4. The highest BCUT2D eigenvalue weighted by Gasteiger charge is 2.37. The zero-order chi connectivity index (χ0) is 24.8. The van der Waals surface area contributed by atoms with Crippen LogP contribution in [0.2, 0.25) is 18.1 Å². The summed E-state index contributed by atoms with van der Waals surface area (Å²) in [6, 6.07) is 7.54. The van der Waals surface area contributed by atoms with Crippen LogP contribution in [0.25, 0.3) is 0 Å². The third-order valence-electron chi connectivity index (χ3n) is 6.22. The van der Waals surface area contributed by atoms with E-state index in [-0.39, 0.29) is 23.4 Å². The van der Waals surface area contributed by atoms with Gasteiger partial charge >= 0.3 is 0 Å². The molecule has 1 unspecified atom stereocenters. The Morgan fingerprint density at radius 2 is 1.79 bits per heavy atom. The molecule has 0 amide bonds. The van der Waals surface area contributed by atoms with E-state index in [1.54, 1.807) is 12.4 Å². The second-order valence-corrected chi connectivity index (χ2v) is 15.9. The number of pyridine rings is 2. The van der Waals surface area contributed by atoms with Crippen LogP contribution in [-0.4, -0.2) is 49.8 Å². The van der Waals surface area contributed by atoms with Crippen LogP contribution in [0.5, 0.6) is 11.6 Å². The molecular formula is C26H35BrN2O4Si. The van der Waals surface area contributed by atoms with E-state index < -0.39 is 8.32 Å². The van der Waals surface area contributed by atoms with Crippen LogP contribution < -0.4 is 9.47 Å². The molecule has 1 saturated carbocycles. The van der Waals surface area contributed by atoms with E-state index in [9.17, 15) is 0 Å². The lowest BCUT2D eigenvalue weighted by molar-refractivity contribution is 0.00207. The molecule has 2 aromatic heterocycles. The van der Waals surface area contributed by atoms with Crippen LogP contribution in [0.4, 0.5) is 0 Å². The molecular weight excluding hydrogens is 512 g/mol. The normalized spacial score (nSPS) is 18.9. The van der Waals surface area contributed by atoms with Gasteiger partial charge in [0.15, 0.2) is 8.32 Å². The molecule has 34 heavy (non-hydrogen) atoms. The van der Waals surface area contributed by atoms with Gasteiger partial charge in [-0.25, -0.2) is 9.97 Å². The van der Waals surface area contributed by atoms with Crippen molar-refractivity contribution in [3.8, 4) is 23.5 Å². The van der Waals surface area contributed by atoms with Gasteiger partial charge in [0.2, 0.25) is 5.88 Å². The second kappa shape index (κ2) is 11.7. The lowest BCUT2D eigenvalue weighted by Gasteiger charge is -2.36. The lowest BCUT2D eigenvalue weighted by Crippen LogP contribution is -2.42. The predicted octanol–water partition coefficient (Wildman–Crippen LogP) is 6.01. The standard InChI is InChI=1S/C26H35BrN2O4Si/c1-19(18-31-34(5,6)26(2,3)4)30-13-7-8-21-10-11-22(17-28-21)32-23-14-24(15-23)33-25-12-9-20(27)16-29-25/h9-12,16-17,19,23-24H,13-15,18H2,1-6H3. The Balaban J connectivity index is 1.34. The van der Waals surface area contributed by atoms with Gasteiger partial charge in [-0.05, 0) is 65.1 Å². The SMILES string of the molecule is CC(CO[Si](C)(C)C(C)(C)C)OCC#Cc1ccc(OC2CC(Oc3ccc(Br)cn3)C2)cn1. The van der Waals surface area contributed by atoms with Crippen LogP contribution in [0.1, 0.15) is 46.2 Å². The van der Waals surface area contributed by atoms with Crippen LogP contribution in [0.3, 0.4) is 0 Å². The van der Waals surface area contributed by atoms with Gasteiger partial charge in [0.05, 0.1) is 18.9 Å². The van der Waals surface area contributed by atoms with E-state index in [0.29, 0.717) is 24.8 Å². The minimum atomic E-state index is -1.76. The first kappa shape index (κ1) is 26.7. The molecule has 0 aliphatic heterocycles. The summed E-state index contributed by atoms with van der Waals surface area (Å²) in [7, 11) is -1.76. The third-order valence-corrected chi connectivity index (χ3v) is 11.2. The van der Waals surface area contributed by atoms with E-state index >= 15 is 0 Å². The monoisotopic (exact) mass is 546 g/mol. The quantitative estimate of drug-likeness (QED) is 0.283. The molecule has 0 N–H and O–H groups in total. The highest BCUT2D eigenvalue weighted by Crippen LogP contribution is 2.36. The Morgan fingerprint density at radius 3 is 2.41 bits per heavy atom. The number of ether oxygens (including phenoxy) is 3.